The van der Waals surface area contributed by atoms with E-state index in [1.54, 1.807) is 0 Å². The molecule has 2 heterocycles. The quantitative estimate of drug-likeness (QED) is 0.109. The molecule has 2 aromatic heterocycles. The van der Waals surface area contributed by atoms with Crippen LogP contribution >= 0.6 is 0 Å². The molecule has 0 N–H and O–H groups in total. The average Bonchev–Trinajstić information content (AvgIpc) is 1.52. The molecule has 0 radical (unpaired) electrons. The molecule has 0 spiro atoms. The highest BCUT2D eigenvalue weighted by Gasteiger charge is 2.48. The first-order valence-electron chi connectivity index (χ1n) is 38.0. The van der Waals surface area contributed by atoms with E-state index in [9.17, 15) is 0 Å². The summed E-state index contributed by atoms with van der Waals surface area (Å²) in [5.41, 5.74) is 35.0. The number of fused-ring (bicyclic) bond motifs is 12. The van der Waals surface area contributed by atoms with Crippen LogP contribution in [0.1, 0.15) is 47.2 Å². The van der Waals surface area contributed by atoms with Crippen LogP contribution in [0.25, 0.3) is 133 Å². The van der Waals surface area contributed by atoms with Gasteiger partial charge in [0.1, 0.15) is 22.3 Å². The van der Waals surface area contributed by atoms with E-state index in [2.05, 4.69) is 412 Å². The molecule has 4 nitrogen and oxygen atoms in total. The Balaban J connectivity index is 0.658. The van der Waals surface area contributed by atoms with E-state index in [0.717, 1.165) is 128 Å². The van der Waals surface area contributed by atoms with Crippen LogP contribution in [-0.2, 0) is 10.8 Å². The van der Waals surface area contributed by atoms with E-state index in [1.165, 1.54) is 72.3 Å². The molecule has 0 fully saturated rings. The van der Waals surface area contributed by atoms with Gasteiger partial charge in [-0.25, -0.2) is 0 Å². The van der Waals surface area contributed by atoms with Crippen LogP contribution < -0.4 is 9.80 Å². The fourth-order valence-corrected chi connectivity index (χ4v) is 18.1. The van der Waals surface area contributed by atoms with Crippen LogP contribution in [0.2, 0.25) is 0 Å². The van der Waals surface area contributed by atoms with Crippen molar-refractivity contribution in [2.45, 2.75) is 24.7 Å². The predicted molar refractivity (Wildman–Crippen MR) is 458 cm³/mol. The van der Waals surface area contributed by atoms with Crippen molar-refractivity contribution in [1.82, 2.24) is 0 Å². The molecule has 1 unspecified atom stereocenters. The molecule has 2 aliphatic carbocycles. The molecule has 2 aliphatic rings. The second-order valence-corrected chi connectivity index (χ2v) is 29.8. The van der Waals surface area contributed by atoms with Crippen molar-refractivity contribution < 1.29 is 8.83 Å². The lowest BCUT2D eigenvalue weighted by molar-refractivity contribution is 0.660. The van der Waals surface area contributed by atoms with Crippen molar-refractivity contribution in [2.75, 3.05) is 9.80 Å². The summed E-state index contributed by atoms with van der Waals surface area (Å²) in [6.07, 6.45) is 0. The van der Waals surface area contributed by atoms with Crippen LogP contribution in [0.4, 0.5) is 34.1 Å². The highest BCUT2D eigenvalue weighted by Crippen LogP contribution is 2.61. The Morgan fingerprint density at radius 1 is 0.218 bits per heavy atom. The minimum Gasteiger partial charge on any atom is -0.455 e. The third-order valence-corrected chi connectivity index (χ3v) is 23.4. The highest BCUT2D eigenvalue weighted by atomic mass is 16.3. The molecule has 21 rings (SSSR count). The predicted octanol–water partition coefficient (Wildman–Crippen LogP) is 29.1. The van der Waals surface area contributed by atoms with Crippen molar-refractivity contribution in [3.05, 3.63) is 434 Å². The Kier molecular flexibility index (Phi) is 15.1. The lowest BCUT2D eigenvalue weighted by Crippen LogP contribution is -2.28. The van der Waals surface area contributed by atoms with Gasteiger partial charge < -0.3 is 18.6 Å². The minimum absolute atomic E-state index is 0.345. The second-order valence-electron chi connectivity index (χ2n) is 29.8. The summed E-state index contributed by atoms with van der Waals surface area (Å²) in [6, 6.07) is 147. The normalized spacial score (nSPS) is 13.8. The van der Waals surface area contributed by atoms with Gasteiger partial charge in [0.25, 0.3) is 0 Å². The SMILES string of the molecule is CC1(C)c2cc(-c3ccc(C4(c5ccccc5)c5ccccc5-c5c(N(c6ccc(-c7ccccc7)cc6)c6cc(-c7ccccc7)cc(-c7ccccc7)c6)cccc54)cc3)ccc2-c2ccc(N(c3ccc(-c4cccc5c4oc4ccccc45)cc3)c3ccc(-c4cccc5c4oc4ccccc45)cc3)cc21. The fourth-order valence-electron chi connectivity index (χ4n) is 18.1. The third kappa shape index (κ3) is 10.4. The Morgan fingerprint density at radius 2 is 0.609 bits per heavy atom. The zero-order valence-electron chi connectivity index (χ0n) is 60.8. The van der Waals surface area contributed by atoms with Gasteiger partial charge in [-0.1, -0.05) is 323 Å². The van der Waals surface area contributed by atoms with E-state index < -0.39 is 5.41 Å². The van der Waals surface area contributed by atoms with E-state index in [4.69, 9.17) is 8.83 Å². The lowest BCUT2D eigenvalue weighted by Gasteiger charge is -2.34. The first-order valence-corrected chi connectivity index (χ1v) is 38.0. The van der Waals surface area contributed by atoms with Crippen molar-refractivity contribution >= 4 is 78.0 Å². The molecule has 110 heavy (non-hydrogen) atoms. The molecule has 0 saturated carbocycles. The molecule has 0 bridgehead atoms. The lowest BCUT2D eigenvalue weighted by atomic mass is 9.67. The maximum absolute atomic E-state index is 6.58. The Bertz CT molecular complexity index is 6540. The van der Waals surface area contributed by atoms with Crippen molar-refractivity contribution in [3.63, 3.8) is 0 Å². The minimum atomic E-state index is -0.683. The summed E-state index contributed by atoms with van der Waals surface area (Å²) in [5, 5.41) is 4.47. The molecule has 1 atom stereocenters. The zero-order chi connectivity index (χ0) is 73.0. The molecule has 0 aliphatic heterocycles. The van der Waals surface area contributed by atoms with E-state index in [-0.39, 0.29) is 5.41 Å². The maximum Gasteiger partial charge on any atom is 0.143 e. The van der Waals surface area contributed by atoms with Crippen molar-refractivity contribution in [2.24, 2.45) is 0 Å². The van der Waals surface area contributed by atoms with Gasteiger partial charge in [-0.2, -0.15) is 0 Å². The Hall–Kier alpha value is -14.1. The summed E-state index contributed by atoms with van der Waals surface area (Å²) in [6.45, 7) is 4.80. The molecular weight excluding hydrogens is 1330 g/mol. The van der Waals surface area contributed by atoms with Gasteiger partial charge in [0.15, 0.2) is 0 Å². The van der Waals surface area contributed by atoms with E-state index in [1.807, 2.05) is 12.1 Å². The summed E-state index contributed by atoms with van der Waals surface area (Å²) in [5.74, 6) is 0. The number of anilines is 6. The Morgan fingerprint density at radius 3 is 1.18 bits per heavy atom. The number of para-hydroxylation sites is 4. The van der Waals surface area contributed by atoms with Crippen molar-refractivity contribution in [3.8, 4) is 89.0 Å². The monoisotopic (exact) mass is 1400 g/mol. The molecule has 19 aromatic rings. The van der Waals surface area contributed by atoms with Gasteiger partial charge in [-0.15, -0.1) is 0 Å². The molecule has 518 valence electrons. The van der Waals surface area contributed by atoms with Gasteiger partial charge in [-0.3, -0.25) is 0 Å². The largest absolute Gasteiger partial charge is 0.455 e. The first kappa shape index (κ1) is 64.3. The third-order valence-electron chi connectivity index (χ3n) is 23.4. The standard InChI is InChI=1S/C106H72N2O2/c1-105(2)97-67-76(52-62-88(97)89-63-61-84(68-98(89)105)107(81-57-48-74(49-58-81)86-35-21-37-92-90-32-16-19-42-100(90)109-103(86)92)82-59-50-75(51-60-82)87-36-22-38-93-91-33-17-20-43-101(91)110-104(87)93)73-44-53-80(54-45-73)106(79-30-13-6-14-31-79)95-39-18-15-34-94(95)102-96(106)40-23-41-99(102)108(83-55-46-72(47-56-83)69-24-7-3-8-25-69)85-65-77(70-26-9-4-10-27-70)64-78(66-85)71-28-11-5-12-29-71/h3-68H,1-2H3. The van der Waals surface area contributed by atoms with Gasteiger partial charge >= 0.3 is 0 Å². The van der Waals surface area contributed by atoms with Gasteiger partial charge in [0.2, 0.25) is 0 Å². The summed E-state index contributed by atoms with van der Waals surface area (Å²) >= 11 is 0. The van der Waals surface area contributed by atoms with Gasteiger partial charge in [-0.05, 0) is 197 Å². The molecule has 4 heteroatoms. The molecular formula is C106H72N2O2. The van der Waals surface area contributed by atoms with Crippen LogP contribution in [0, 0.1) is 0 Å². The number of furan rings is 2. The number of rotatable bonds is 14. The van der Waals surface area contributed by atoms with Gasteiger partial charge in [0, 0.05) is 72.1 Å². The number of nitrogens with zero attached hydrogens (tertiary/aromatic N) is 2. The number of benzene rings is 17. The zero-order valence-corrected chi connectivity index (χ0v) is 60.8. The average molecular weight is 1410 g/mol. The van der Waals surface area contributed by atoms with Crippen LogP contribution in [0.3, 0.4) is 0 Å². The van der Waals surface area contributed by atoms with Crippen LogP contribution in [0.15, 0.2) is 409 Å². The number of hydrogen-bond acceptors (Lipinski definition) is 4. The highest BCUT2D eigenvalue weighted by molar-refractivity contribution is 6.11. The molecule has 0 saturated heterocycles. The topological polar surface area (TPSA) is 32.8 Å². The smallest absolute Gasteiger partial charge is 0.143 e. The van der Waals surface area contributed by atoms with E-state index >= 15 is 0 Å². The Labute approximate surface area is 640 Å². The summed E-state index contributed by atoms with van der Waals surface area (Å²) < 4.78 is 13.2. The molecule has 17 aromatic carbocycles. The number of hydrogen-bond donors (Lipinski definition) is 0. The van der Waals surface area contributed by atoms with E-state index in [0.29, 0.717) is 0 Å². The summed E-state index contributed by atoms with van der Waals surface area (Å²) in [4.78, 5) is 4.91. The van der Waals surface area contributed by atoms with Crippen molar-refractivity contribution in [1.29, 1.82) is 0 Å². The summed E-state index contributed by atoms with van der Waals surface area (Å²) in [7, 11) is 0. The molecule has 0 amide bonds. The second kappa shape index (κ2) is 25.9. The fraction of sp³-hybridized carbons (Fsp3) is 0.0377. The maximum atomic E-state index is 6.58. The van der Waals surface area contributed by atoms with Gasteiger partial charge in [0.05, 0.1) is 11.1 Å². The first-order chi connectivity index (χ1) is 54.3. The van der Waals surface area contributed by atoms with Crippen LogP contribution in [0.5, 0.6) is 0 Å². The van der Waals surface area contributed by atoms with Crippen LogP contribution in [-0.4, -0.2) is 0 Å².